The molecule has 1 unspecified atom stereocenters. The van der Waals surface area contributed by atoms with E-state index >= 15 is 0 Å². The van der Waals surface area contributed by atoms with E-state index in [1.807, 2.05) is 17.0 Å². The van der Waals surface area contributed by atoms with Crippen molar-refractivity contribution < 1.29 is 14.3 Å². The topological polar surface area (TPSA) is 65.1 Å². The Morgan fingerprint density at radius 3 is 2.37 bits per heavy atom. The predicted molar refractivity (Wildman–Crippen MR) is 147 cm³/mol. The number of nitrogens with one attached hydrogen (secondary N) is 1. The minimum Gasteiger partial charge on any atom is -0.497 e. The summed E-state index contributed by atoms with van der Waals surface area (Å²) in [6, 6.07) is 19.2. The monoisotopic (exact) mass is 516 g/mol. The molecule has 0 bridgehead atoms. The molecule has 38 heavy (non-hydrogen) atoms. The Kier molecular flexibility index (Phi) is 7.04. The molecule has 202 valence electrons. The van der Waals surface area contributed by atoms with Gasteiger partial charge in [0.1, 0.15) is 5.75 Å². The second kappa shape index (κ2) is 10.6. The molecule has 3 heterocycles. The molecule has 3 aliphatic heterocycles. The van der Waals surface area contributed by atoms with Crippen LogP contribution in [-0.4, -0.2) is 79.1 Å². The van der Waals surface area contributed by atoms with E-state index in [1.165, 1.54) is 5.56 Å². The van der Waals surface area contributed by atoms with Gasteiger partial charge in [-0.05, 0) is 74.4 Å². The van der Waals surface area contributed by atoms with Crippen molar-refractivity contribution in [3.8, 4) is 5.75 Å². The number of benzene rings is 2. The maximum absolute atomic E-state index is 13.5. The van der Waals surface area contributed by atoms with E-state index in [-0.39, 0.29) is 11.4 Å². The summed E-state index contributed by atoms with van der Waals surface area (Å²) in [5.41, 5.74) is 2.28. The summed E-state index contributed by atoms with van der Waals surface area (Å²) >= 11 is 0. The molecule has 6 rings (SSSR count). The van der Waals surface area contributed by atoms with Gasteiger partial charge >= 0.3 is 6.03 Å². The highest BCUT2D eigenvalue weighted by atomic mass is 16.5. The molecule has 2 aromatic carbocycles. The standard InChI is InChI=1S/C31H40N4O3/c1-38-27-11-7-23(8-12-27)19-34-18-15-31(29(34)36)13-16-33(17-14-31)20-25-21-35(30(37)32-26-9-10-26)22-28(25)24-5-3-2-4-6-24/h2-8,11-12,25-26,28H,9-10,13-22H2,1H3,(H,32,37)/t25-,28?/m0/s1. The molecule has 1 saturated carbocycles. The summed E-state index contributed by atoms with van der Waals surface area (Å²) in [6.45, 7) is 5.98. The van der Waals surface area contributed by atoms with Crippen LogP contribution in [0, 0.1) is 11.3 Å². The largest absolute Gasteiger partial charge is 0.497 e. The third-order valence-electron chi connectivity index (χ3n) is 9.30. The molecule has 2 aromatic rings. The number of carbonyl (C=O) groups excluding carboxylic acids is 2. The maximum atomic E-state index is 13.5. The lowest BCUT2D eigenvalue weighted by atomic mass is 9.76. The number of amides is 3. The van der Waals surface area contributed by atoms with Gasteiger partial charge in [0, 0.05) is 44.7 Å². The lowest BCUT2D eigenvalue weighted by Gasteiger charge is -2.39. The van der Waals surface area contributed by atoms with E-state index < -0.39 is 0 Å². The van der Waals surface area contributed by atoms with Crippen LogP contribution >= 0.6 is 0 Å². The SMILES string of the molecule is COc1ccc(CN2CCC3(CCN(C[C@H]4CN(C(=O)NC5CC5)CC4c4ccccc4)CC3)C2=O)cc1. The lowest BCUT2D eigenvalue weighted by Crippen LogP contribution is -2.46. The Bertz CT molecular complexity index is 1130. The molecule has 3 saturated heterocycles. The van der Waals surface area contributed by atoms with Gasteiger partial charge in [-0.1, -0.05) is 42.5 Å². The van der Waals surface area contributed by atoms with Crippen LogP contribution in [0.15, 0.2) is 54.6 Å². The van der Waals surface area contributed by atoms with Gasteiger partial charge in [0.25, 0.3) is 0 Å². The first kappa shape index (κ1) is 25.2. The van der Waals surface area contributed by atoms with Crippen molar-refractivity contribution in [1.29, 1.82) is 0 Å². The second-order valence-corrected chi connectivity index (χ2v) is 11.8. The second-order valence-electron chi connectivity index (χ2n) is 11.8. The highest BCUT2D eigenvalue weighted by Gasteiger charge is 2.48. The van der Waals surface area contributed by atoms with Gasteiger partial charge in [0.2, 0.25) is 5.91 Å². The summed E-state index contributed by atoms with van der Waals surface area (Å²) in [6.07, 6.45) is 5.04. The van der Waals surface area contributed by atoms with E-state index in [2.05, 4.69) is 57.6 Å². The Hall–Kier alpha value is -3.06. The summed E-state index contributed by atoms with van der Waals surface area (Å²) < 4.78 is 5.27. The van der Waals surface area contributed by atoms with E-state index in [9.17, 15) is 9.59 Å². The molecular formula is C31H40N4O3. The molecular weight excluding hydrogens is 476 g/mol. The van der Waals surface area contributed by atoms with Crippen LogP contribution in [0.1, 0.15) is 49.1 Å². The van der Waals surface area contributed by atoms with Crippen molar-refractivity contribution in [3.63, 3.8) is 0 Å². The van der Waals surface area contributed by atoms with Crippen molar-refractivity contribution in [3.05, 3.63) is 65.7 Å². The molecule has 3 amide bonds. The first-order valence-corrected chi connectivity index (χ1v) is 14.3. The number of ether oxygens (including phenoxy) is 1. The summed E-state index contributed by atoms with van der Waals surface area (Å²) in [4.78, 5) is 33.0. The number of methoxy groups -OCH3 is 1. The smallest absolute Gasteiger partial charge is 0.317 e. The Balaban J connectivity index is 1.06. The summed E-state index contributed by atoms with van der Waals surface area (Å²) in [5, 5.41) is 3.18. The quantitative estimate of drug-likeness (QED) is 0.602. The maximum Gasteiger partial charge on any atom is 0.317 e. The van der Waals surface area contributed by atoms with E-state index in [4.69, 9.17) is 4.74 Å². The van der Waals surface area contributed by atoms with E-state index in [0.717, 1.165) is 82.7 Å². The number of urea groups is 1. The van der Waals surface area contributed by atoms with Crippen LogP contribution in [0.25, 0.3) is 0 Å². The molecule has 4 fully saturated rings. The van der Waals surface area contributed by atoms with Gasteiger partial charge in [-0.25, -0.2) is 4.79 Å². The van der Waals surface area contributed by atoms with Gasteiger partial charge in [0.15, 0.2) is 0 Å². The van der Waals surface area contributed by atoms with Crippen molar-refractivity contribution >= 4 is 11.9 Å². The molecule has 4 aliphatic rings. The van der Waals surface area contributed by atoms with Crippen LogP contribution in [-0.2, 0) is 11.3 Å². The Labute approximate surface area is 226 Å². The number of hydrogen-bond donors (Lipinski definition) is 1. The van der Waals surface area contributed by atoms with Crippen LogP contribution < -0.4 is 10.1 Å². The molecule has 2 atom stereocenters. The lowest BCUT2D eigenvalue weighted by molar-refractivity contribution is -0.139. The first-order chi connectivity index (χ1) is 18.5. The van der Waals surface area contributed by atoms with Crippen molar-refractivity contribution in [2.75, 3.05) is 46.4 Å². The van der Waals surface area contributed by atoms with Gasteiger partial charge < -0.3 is 24.8 Å². The fraction of sp³-hybridized carbons (Fsp3) is 0.548. The molecule has 7 heteroatoms. The normalized spacial score (nSPS) is 25.2. The van der Waals surface area contributed by atoms with Crippen LogP contribution in [0.3, 0.4) is 0 Å². The third kappa shape index (κ3) is 5.26. The zero-order chi connectivity index (χ0) is 26.1. The zero-order valence-electron chi connectivity index (χ0n) is 22.5. The summed E-state index contributed by atoms with van der Waals surface area (Å²) in [7, 11) is 1.67. The van der Waals surface area contributed by atoms with Gasteiger partial charge in [-0.2, -0.15) is 0 Å². The molecule has 0 aromatic heterocycles. The predicted octanol–water partition coefficient (Wildman–Crippen LogP) is 4.10. The fourth-order valence-corrected chi connectivity index (χ4v) is 6.75. The minimum atomic E-state index is -0.201. The first-order valence-electron chi connectivity index (χ1n) is 14.3. The van der Waals surface area contributed by atoms with E-state index in [1.54, 1.807) is 7.11 Å². The number of carbonyl (C=O) groups is 2. The van der Waals surface area contributed by atoms with Crippen LogP contribution in [0.4, 0.5) is 4.79 Å². The number of nitrogens with zero attached hydrogens (tertiary/aromatic N) is 3. The van der Waals surface area contributed by atoms with Crippen LogP contribution in [0.5, 0.6) is 5.75 Å². The average Bonchev–Trinajstić information content (AvgIpc) is 3.60. The van der Waals surface area contributed by atoms with Crippen molar-refractivity contribution in [2.45, 2.75) is 50.6 Å². The van der Waals surface area contributed by atoms with Crippen LogP contribution in [0.2, 0.25) is 0 Å². The Morgan fingerprint density at radius 1 is 0.974 bits per heavy atom. The number of rotatable bonds is 7. The molecule has 1 aliphatic carbocycles. The molecule has 1 N–H and O–H groups in total. The molecule has 1 spiro atoms. The number of likely N-dealkylation sites (tertiary alicyclic amines) is 3. The number of piperidine rings is 1. The van der Waals surface area contributed by atoms with Gasteiger partial charge in [0.05, 0.1) is 12.5 Å². The fourth-order valence-electron chi connectivity index (χ4n) is 6.75. The van der Waals surface area contributed by atoms with Crippen molar-refractivity contribution in [1.82, 2.24) is 20.0 Å². The summed E-state index contributed by atoms with van der Waals surface area (Å²) in [5.74, 6) is 1.93. The average molecular weight is 517 g/mol. The van der Waals surface area contributed by atoms with Crippen molar-refractivity contribution in [2.24, 2.45) is 11.3 Å². The highest BCUT2D eigenvalue weighted by Crippen LogP contribution is 2.43. The number of hydrogen-bond acceptors (Lipinski definition) is 4. The van der Waals surface area contributed by atoms with Gasteiger partial charge in [-0.15, -0.1) is 0 Å². The zero-order valence-corrected chi connectivity index (χ0v) is 22.5. The Morgan fingerprint density at radius 2 is 1.68 bits per heavy atom. The molecule has 7 nitrogen and oxygen atoms in total. The van der Waals surface area contributed by atoms with E-state index in [0.29, 0.717) is 30.3 Å². The minimum absolute atomic E-state index is 0.0991. The molecule has 0 radical (unpaired) electrons. The highest BCUT2D eigenvalue weighted by molar-refractivity contribution is 5.85. The third-order valence-corrected chi connectivity index (χ3v) is 9.30. The van der Waals surface area contributed by atoms with Gasteiger partial charge in [-0.3, -0.25) is 4.79 Å².